The summed E-state index contributed by atoms with van der Waals surface area (Å²) in [7, 11) is 0. The maximum absolute atomic E-state index is 6.51. The lowest BCUT2D eigenvalue weighted by atomic mass is 9.98. The molecule has 0 radical (unpaired) electrons. The van der Waals surface area contributed by atoms with Crippen LogP contribution in [0.25, 0.3) is 22.2 Å². The molecule has 126 valence electrons. The number of halogens is 2. The Kier molecular flexibility index (Phi) is 5.19. The van der Waals surface area contributed by atoms with E-state index in [0.29, 0.717) is 16.6 Å². The molecule has 1 heterocycles. The molecule has 0 unspecified atom stereocenters. The number of nitrogens with one attached hydrogen (secondary N) is 1. The summed E-state index contributed by atoms with van der Waals surface area (Å²) in [6, 6.07) is 10.4. The molecule has 3 aromatic rings. The summed E-state index contributed by atoms with van der Waals surface area (Å²) in [6.07, 6.45) is 2.99. The van der Waals surface area contributed by atoms with Crippen molar-refractivity contribution < 1.29 is 0 Å². The zero-order valence-electron chi connectivity index (χ0n) is 14.0. The SMILES string of the molecule is Cc1cc(C)cc(-c2[nH]c3cc(Cl)cc(Cl)c3c2CCCCN)c1. The Bertz CT molecular complexity index is 861. The van der Waals surface area contributed by atoms with Gasteiger partial charge in [-0.3, -0.25) is 0 Å². The first kappa shape index (κ1) is 17.3. The van der Waals surface area contributed by atoms with Gasteiger partial charge in [-0.25, -0.2) is 0 Å². The monoisotopic (exact) mass is 360 g/mol. The molecule has 2 aromatic carbocycles. The van der Waals surface area contributed by atoms with Crippen molar-refractivity contribution >= 4 is 34.1 Å². The summed E-state index contributed by atoms with van der Waals surface area (Å²) < 4.78 is 0. The Morgan fingerprint density at radius 1 is 0.958 bits per heavy atom. The summed E-state index contributed by atoms with van der Waals surface area (Å²) >= 11 is 12.7. The van der Waals surface area contributed by atoms with Gasteiger partial charge in [0.05, 0.1) is 5.02 Å². The molecule has 2 nitrogen and oxygen atoms in total. The van der Waals surface area contributed by atoms with Crippen LogP contribution in [0.3, 0.4) is 0 Å². The minimum absolute atomic E-state index is 0.647. The van der Waals surface area contributed by atoms with Crippen LogP contribution in [0.15, 0.2) is 30.3 Å². The van der Waals surface area contributed by atoms with Gasteiger partial charge in [-0.05, 0) is 75.0 Å². The van der Waals surface area contributed by atoms with Crippen molar-refractivity contribution in [2.75, 3.05) is 6.54 Å². The van der Waals surface area contributed by atoms with E-state index in [-0.39, 0.29) is 0 Å². The zero-order chi connectivity index (χ0) is 17.3. The highest BCUT2D eigenvalue weighted by molar-refractivity contribution is 6.39. The van der Waals surface area contributed by atoms with Crippen LogP contribution in [-0.2, 0) is 6.42 Å². The van der Waals surface area contributed by atoms with E-state index in [0.717, 1.165) is 35.9 Å². The fourth-order valence-corrected chi connectivity index (χ4v) is 3.98. The Morgan fingerprint density at radius 3 is 2.33 bits per heavy atom. The van der Waals surface area contributed by atoms with Gasteiger partial charge in [-0.15, -0.1) is 0 Å². The minimum Gasteiger partial charge on any atom is -0.354 e. The molecule has 0 spiro atoms. The number of nitrogens with two attached hydrogens (primary N) is 1. The van der Waals surface area contributed by atoms with Gasteiger partial charge < -0.3 is 10.7 Å². The molecule has 0 bridgehead atoms. The van der Waals surface area contributed by atoms with Crippen LogP contribution in [0.4, 0.5) is 0 Å². The molecule has 0 aliphatic carbocycles. The lowest BCUT2D eigenvalue weighted by molar-refractivity contribution is 0.748. The quantitative estimate of drug-likeness (QED) is 0.535. The Balaban J connectivity index is 2.21. The molecule has 24 heavy (non-hydrogen) atoms. The molecule has 3 rings (SSSR count). The number of fused-ring (bicyclic) bond motifs is 1. The van der Waals surface area contributed by atoms with Crippen LogP contribution in [0.1, 0.15) is 29.5 Å². The number of aromatic amines is 1. The molecular weight excluding hydrogens is 339 g/mol. The molecule has 3 N–H and O–H groups in total. The minimum atomic E-state index is 0.647. The topological polar surface area (TPSA) is 41.8 Å². The Labute approximate surface area is 153 Å². The van der Waals surface area contributed by atoms with E-state index in [1.54, 1.807) is 0 Å². The lowest BCUT2D eigenvalue weighted by Gasteiger charge is -2.08. The van der Waals surface area contributed by atoms with Crippen LogP contribution in [0, 0.1) is 13.8 Å². The van der Waals surface area contributed by atoms with Crippen molar-refractivity contribution in [2.45, 2.75) is 33.1 Å². The standard InChI is InChI=1S/C20H22Cl2N2/c1-12-7-13(2)9-14(8-12)20-16(5-3-4-6-23)19-17(22)10-15(21)11-18(19)24-20/h7-11,24H,3-6,23H2,1-2H3. The Morgan fingerprint density at radius 2 is 1.67 bits per heavy atom. The van der Waals surface area contributed by atoms with Crippen LogP contribution in [-0.4, -0.2) is 11.5 Å². The average Bonchev–Trinajstić information content (AvgIpc) is 2.85. The van der Waals surface area contributed by atoms with Gasteiger partial charge in [-0.2, -0.15) is 0 Å². The van der Waals surface area contributed by atoms with Gasteiger partial charge in [0.1, 0.15) is 0 Å². The first-order valence-electron chi connectivity index (χ1n) is 8.28. The van der Waals surface area contributed by atoms with Crippen molar-refractivity contribution in [3.63, 3.8) is 0 Å². The van der Waals surface area contributed by atoms with Gasteiger partial charge >= 0.3 is 0 Å². The lowest BCUT2D eigenvalue weighted by Crippen LogP contribution is -1.99. The molecule has 0 aliphatic rings. The summed E-state index contributed by atoms with van der Waals surface area (Å²) in [6.45, 7) is 4.95. The van der Waals surface area contributed by atoms with Crippen LogP contribution in [0.2, 0.25) is 10.0 Å². The molecule has 4 heteroatoms. The summed E-state index contributed by atoms with van der Waals surface area (Å²) in [5.41, 5.74) is 12.7. The van der Waals surface area contributed by atoms with E-state index in [2.05, 4.69) is 37.0 Å². The molecular formula is C20H22Cl2N2. The first-order valence-corrected chi connectivity index (χ1v) is 9.03. The third kappa shape index (κ3) is 3.46. The third-order valence-corrected chi connectivity index (χ3v) is 4.83. The number of rotatable bonds is 5. The number of hydrogen-bond acceptors (Lipinski definition) is 1. The fourth-order valence-electron chi connectivity index (χ4n) is 3.38. The normalized spacial score (nSPS) is 11.4. The second-order valence-corrected chi connectivity index (χ2v) is 7.25. The largest absolute Gasteiger partial charge is 0.354 e. The molecule has 1 aromatic heterocycles. The average molecular weight is 361 g/mol. The maximum Gasteiger partial charge on any atom is 0.0517 e. The van der Waals surface area contributed by atoms with E-state index in [9.17, 15) is 0 Å². The number of benzene rings is 2. The second-order valence-electron chi connectivity index (χ2n) is 6.41. The van der Waals surface area contributed by atoms with E-state index >= 15 is 0 Å². The molecule has 0 saturated carbocycles. The maximum atomic E-state index is 6.51. The summed E-state index contributed by atoms with van der Waals surface area (Å²) in [5, 5.41) is 2.42. The van der Waals surface area contributed by atoms with Crippen molar-refractivity contribution in [1.82, 2.24) is 4.98 Å². The highest BCUT2D eigenvalue weighted by Gasteiger charge is 2.16. The number of aryl methyl sites for hydroxylation is 3. The highest BCUT2D eigenvalue weighted by atomic mass is 35.5. The third-order valence-electron chi connectivity index (χ3n) is 4.31. The highest BCUT2D eigenvalue weighted by Crippen LogP contribution is 2.37. The van der Waals surface area contributed by atoms with Crippen molar-refractivity contribution in [3.05, 3.63) is 57.1 Å². The van der Waals surface area contributed by atoms with Crippen molar-refractivity contribution in [1.29, 1.82) is 0 Å². The Hall–Kier alpha value is -1.48. The van der Waals surface area contributed by atoms with Crippen LogP contribution < -0.4 is 5.73 Å². The van der Waals surface area contributed by atoms with Gasteiger partial charge in [0.2, 0.25) is 0 Å². The summed E-state index contributed by atoms with van der Waals surface area (Å²) in [4.78, 5) is 3.54. The summed E-state index contributed by atoms with van der Waals surface area (Å²) in [5.74, 6) is 0. The van der Waals surface area contributed by atoms with Crippen molar-refractivity contribution in [2.24, 2.45) is 5.73 Å². The number of unbranched alkanes of at least 4 members (excludes halogenated alkanes) is 1. The van der Waals surface area contributed by atoms with E-state index < -0.39 is 0 Å². The van der Waals surface area contributed by atoms with Gasteiger partial charge in [-0.1, -0.05) is 40.4 Å². The van der Waals surface area contributed by atoms with E-state index in [4.69, 9.17) is 28.9 Å². The van der Waals surface area contributed by atoms with Crippen molar-refractivity contribution in [3.8, 4) is 11.3 Å². The van der Waals surface area contributed by atoms with Gasteiger partial charge in [0.25, 0.3) is 0 Å². The smallest absolute Gasteiger partial charge is 0.0517 e. The van der Waals surface area contributed by atoms with Crippen LogP contribution in [0.5, 0.6) is 0 Å². The number of hydrogen-bond donors (Lipinski definition) is 2. The molecule has 0 atom stereocenters. The van der Waals surface area contributed by atoms with E-state index in [1.165, 1.54) is 22.3 Å². The molecule has 0 amide bonds. The van der Waals surface area contributed by atoms with Gasteiger partial charge in [0.15, 0.2) is 0 Å². The molecule has 0 fully saturated rings. The van der Waals surface area contributed by atoms with E-state index in [1.807, 2.05) is 12.1 Å². The molecule has 0 saturated heterocycles. The number of aromatic nitrogens is 1. The predicted octanol–water partition coefficient (Wildman–Crippen LogP) is 6.04. The second kappa shape index (κ2) is 7.18. The van der Waals surface area contributed by atoms with Gasteiger partial charge in [0, 0.05) is 21.6 Å². The zero-order valence-corrected chi connectivity index (χ0v) is 15.6. The van der Waals surface area contributed by atoms with Crippen LogP contribution >= 0.6 is 23.2 Å². The fraction of sp³-hybridized carbons (Fsp3) is 0.300. The first-order chi connectivity index (χ1) is 11.5. The predicted molar refractivity (Wildman–Crippen MR) is 105 cm³/mol. The number of H-pyrrole nitrogens is 1. The molecule has 0 aliphatic heterocycles.